The average Bonchev–Trinajstić information content (AvgIpc) is 2.46. The standard InChI is InChI=1S/C15H16O4/c1-18-13-7-11(8-14(9-13)19-2)15(17)10-3-5-12(16)6-4-10/h3-9,15-17H,1-2H3/t15-/m1/s1. The van der Waals surface area contributed by atoms with Crippen molar-refractivity contribution in [1.82, 2.24) is 0 Å². The molecule has 0 heterocycles. The highest BCUT2D eigenvalue weighted by molar-refractivity contribution is 5.42. The van der Waals surface area contributed by atoms with Crippen LogP contribution in [0, 0.1) is 0 Å². The third kappa shape index (κ3) is 2.98. The average molecular weight is 260 g/mol. The zero-order valence-electron chi connectivity index (χ0n) is 10.8. The van der Waals surface area contributed by atoms with E-state index in [1.807, 2.05) is 0 Å². The smallest absolute Gasteiger partial charge is 0.122 e. The number of ether oxygens (including phenoxy) is 2. The van der Waals surface area contributed by atoms with Crippen LogP contribution in [-0.4, -0.2) is 24.4 Å². The van der Waals surface area contributed by atoms with Gasteiger partial charge in [-0.3, -0.25) is 0 Å². The first kappa shape index (κ1) is 13.2. The molecule has 1 atom stereocenters. The summed E-state index contributed by atoms with van der Waals surface area (Å²) in [6.45, 7) is 0. The summed E-state index contributed by atoms with van der Waals surface area (Å²) in [7, 11) is 3.12. The fraction of sp³-hybridized carbons (Fsp3) is 0.200. The quantitative estimate of drug-likeness (QED) is 0.886. The Hall–Kier alpha value is -2.20. The van der Waals surface area contributed by atoms with Crippen LogP contribution in [0.5, 0.6) is 17.2 Å². The fourth-order valence-corrected chi connectivity index (χ4v) is 1.84. The molecule has 0 aliphatic rings. The van der Waals surface area contributed by atoms with Crippen LogP contribution in [0.25, 0.3) is 0 Å². The lowest BCUT2D eigenvalue weighted by Crippen LogP contribution is -2.00. The van der Waals surface area contributed by atoms with Crippen molar-refractivity contribution >= 4 is 0 Å². The molecule has 2 N–H and O–H groups in total. The molecule has 2 rings (SSSR count). The Morgan fingerprint density at radius 3 is 1.84 bits per heavy atom. The fourth-order valence-electron chi connectivity index (χ4n) is 1.84. The van der Waals surface area contributed by atoms with Gasteiger partial charge in [0.25, 0.3) is 0 Å². The highest BCUT2D eigenvalue weighted by atomic mass is 16.5. The third-order valence-electron chi connectivity index (χ3n) is 2.90. The van der Waals surface area contributed by atoms with Crippen molar-refractivity contribution in [2.45, 2.75) is 6.10 Å². The SMILES string of the molecule is COc1cc(OC)cc([C@H](O)c2ccc(O)cc2)c1. The van der Waals surface area contributed by atoms with Gasteiger partial charge in [0, 0.05) is 6.07 Å². The minimum absolute atomic E-state index is 0.166. The molecule has 2 aromatic carbocycles. The summed E-state index contributed by atoms with van der Waals surface area (Å²) in [6.07, 6.45) is -0.801. The van der Waals surface area contributed by atoms with Crippen molar-refractivity contribution in [2.75, 3.05) is 14.2 Å². The van der Waals surface area contributed by atoms with Crippen LogP contribution in [-0.2, 0) is 0 Å². The number of phenols is 1. The molecule has 100 valence electrons. The van der Waals surface area contributed by atoms with Crippen molar-refractivity contribution in [3.8, 4) is 17.2 Å². The molecular weight excluding hydrogens is 244 g/mol. The van der Waals surface area contributed by atoms with Crippen LogP contribution in [0.15, 0.2) is 42.5 Å². The third-order valence-corrected chi connectivity index (χ3v) is 2.90. The van der Waals surface area contributed by atoms with E-state index in [4.69, 9.17) is 9.47 Å². The summed E-state index contributed by atoms with van der Waals surface area (Å²) < 4.78 is 10.3. The number of hydrogen-bond donors (Lipinski definition) is 2. The highest BCUT2D eigenvalue weighted by Gasteiger charge is 2.13. The predicted octanol–water partition coefficient (Wildman–Crippen LogP) is 2.49. The van der Waals surface area contributed by atoms with Crippen molar-refractivity contribution in [3.63, 3.8) is 0 Å². The van der Waals surface area contributed by atoms with Crippen molar-refractivity contribution in [2.24, 2.45) is 0 Å². The first-order chi connectivity index (χ1) is 9.13. The summed E-state index contributed by atoms with van der Waals surface area (Å²) in [4.78, 5) is 0. The molecule has 0 amide bonds. The van der Waals surface area contributed by atoms with Gasteiger partial charge >= 0.3 is 0 Å². The Kier molecular flexibility index (Phi) is 3.92. The second-order valence-electron chi connectivity index (χ2n) is 4.14. The molecule has 0 aliphatic carbocycles. The number of aliphatic hydroxyl groups excluding tert-OH is 1. The molecular formula is C15H16O4. The Morgan fingerprint density at radius 2 is 1.37 bits per heavy atom. The lowest BCUT2D eigenvalue weighted by Gasteiger charge is -2.14. The van der Waals surface area contributed by atoms with E-state index in [-0.39, 0.29) is 5.75 Å². The minimum Gasteiger partial charge on any atom is -0.508 e. The summed E-state index contributed by atoms with van der Waals surface area (Å²) in [6, 6.07) is 11.7. The second-order valence-corrected chi connectivity index (χ2v) is 4.14. The lowest BCUT2D eigenvalue weighted by molar-refractivity contribution is 0.219. The molecule has 0 bridgehead atoms. The zero-order chi connectivity index (χ0) is 13.8. The lowest BCUT2D eigenvalue weighted by atomic mass is 10.0. The van der Waals surface area contributed by atoms with Crippen LogP contribution in [0.1, 0.15) is 17.2 Å². The molecule has 0 aliphatic heterocycles. The van der Waals surface area contributed by atoms with Crippen molar-refractivity contribution in [1.29, 1.82) is 0 Å². The van der Waals surface area contributed by atoms with Gasteiger partial charge in [-0.1, -0.05) is 12.1 Å². The van der Waals surface area contributed by atoms with E-state index >= 15 is 0 Å². The van der Waals surface area contributed by atoms with E-state index in [2.05, 4.69) is 0 Å². The molecule has 0 aromatic heterocycles. The number of rotatable bonds is 4. The van der Waals surface area contributed by atoms with Gasteiger partial charge in [0.15, 0.2) is 0 Å². The molecule has 4 heteroatoms. The van der Waals surface area contributed by atoms with E-state index in [1.165, 1.54) is 12.1 Å². The summed E-state index contributed by atoms with van der Waals surface area (Å²) in [5.41, 5.74) is 1.36. The number of phenolic OH excluding ortho intramolecular Hbond substituents is 1. The van der Waals surface area contributed by atoms with Gasteiger partial charge in [0.2, 0.25) is 0 Å². The van der Waals surface area contributed by atoms with Crippen LogP contribution in [0.2, 0.25) is 0 Å². The van der Waals surface area contributed by atoms with Crippen LogP contribution in [0.4, 0.5) is 0 Å². The van der Waals surface area contributed by atoms with Crippen LogP contribution in [0.3, 0.4) is 0 Å². The van der Waals surface area contributed by atoms with Gasteiger partial charge in [0.05, 0.1) is 14.2 Å². The Balaban J connectivity index is 2.37. The number of hydrogen-bond acceptors (Lipinski definition) is 4. The van der Waals surface area contributed by atoms with Gasteiger partial charge in [-0.15, -0.1) is 0 Å². The van der Waals surface area contributed by atoms with E-state index in [9.17, 15) is 10.2 Å². The molecule has 0 saturated carbocycles. The Morgan fingerprint density at radius 1 is 0.842 bits per heavy atom. The maximum atomic E-state index is 10.3. The van der Waals surface area contributed by atoms with Crippen molar-refractivity contribution < 1.29 is 19.7 Å². The first-order valence-electron chi connectivity index (χ1n) is 5.84. The monoisotopic (exact) mass is 260 g/mol. The van der Waals surface area contributed by atoms with Crippen LogP contribution >= 0.6 is 0 Å². The second kappa shape index (κ2) is 5.63. The zero-order valence-corrected chi connectivity index (χ0v) is 10.8. The normalized spacial score (nSPS) is 11.9. The molecule has 0 radical (unpaired) electrons. The first-order valence-corrected chi connectivity index (χ1v) is 5.84. The molecule has 2 aromatic rings. The largest absolute Gasteiger partial charge is 0.508 e. The highest BCUT2D eigenvalue weighted by Crippen LogP contribution is 2.30. The maximum Gasteiger partial charge on any atom is 0.122 e. The molecule has 0 unspecified atom stereocenters. The van der Waals surface area contributed by atoms with Crippen LogP contribution < -0.4 is 9.47 Å². The Labute approximate surface area is 111 Å². The van der Waals surface area contributed by atoms with Gasteiger partial charge < -0.3 is 19.7 Å². The molecule has 0 spiro atoms. The number of aromatic hydroxyl groups is 1. The van der Waals surface area contributed by atoms with Gasteiger partial charge in [-0.05, 0) is 35.4 Å². The van der Waals surface area contributed by atoms with E-state index in [0.29, 0.717) is 22.6 Å². The Bertz CT molecular complexity index is 526. The number of methoxy groups -OCH3 is 2. The number of benzene rings is 2. The predicted molar refractivity (Wildman–Crippen MR) is 71.7 cm³/mol. The topological polar surface area (TPSA) is 58.9 Å². The van der Waals surface area contributed by atoms with E-state index < -0.39 is 6.10 Å². The van der Waals surface area contributed by atoms with Gasteiger partial charge in [-0.2, -0.15) is 0 Å². The van der Waals surface area contributed by atoms with E-state index in [1.54, 1.807) is 44.6 Å². The summed E-state index contributed by atoms with van der Waals surface area (Å²) in [5, 5.41) is 19.6. The molecule has 19 heavy (non-hydrogen) atoms. The molecule has 0 saturated heterocycles. The van der Waals surface area contributed by atoms with Crippen molar-refractivity contribution in [3.05, 3.63) is 53.6 Å². The molecule has 0 fully saturated rings. The maximum absolute atomic E-state index is 10.3. The van der Waals surface area contributed by atoms with E-state index in [0.717, 1.165) is 0 Å². The van der Waals surface area contributed by atoms with Gasteiger partial charge in [-0.25, -0.2) is 0 Å². The van der Waals surface area contributed by atoms with Gasteiger partial charge in [0.1, 0.15) is 23.4 Å². The summed E-state index contributed by atoms with van der Waals surface area (Å²) in [5.74, 6) is 1.40. The number of aliphatic hydroxyl groups is 1. The minimum atomic E-state index is -0.801. The molecule has 4 nitrogen and oxygen atoms in total. The summed E-state index contributed by atoms with van der Waals surface area (Å²) >= 11 is 0.